The van der Waals surface area contributed by atoms with Gasteiger partial charge in [0.15, 0.2) is 0 Å². The summed E-state index contributed by atoms with van der Waals surface area (Å²) in [5, 5.41) is 17.8. The Balaban J connectivity index is 1.31. The number of benzene rings is 2. The molecule has 3 aromatic rings. The minimum atomic E-state index is -1.39. The number of allylic oxidation sites excluding steroid dienone is 1. The summed E-state index contributed by atoms with van der Waals surface area (Å²) in [5.74, 6) is -2.25. The third-order valence-corrected chi connectivity index (χ3v) is 8.70. The first-order valence-corrected chi connectivity index (χ1v) is 14.9. The Hall–Kier alpha value is -4.47. The van der Waals surface area contributed by atoms with Crippen LogP contribution >= 0.6 is 0 Å². The number of hydrogen-bond donors (Lipinski definition) is 3. The number of pyridine rings is 1. The van der Waals surface area contributed by atoms with E-state index in [1.807, 2.05) is 42.5 Å². The molecule has 1 aromatic heterocycles. The Labute approximate surface area is 249 Å². The van der Waals surface area contributed by atoms with E-state index in [0.717, 1.165) is 36.5 Å². The van der Waals surface area contributed by atoms with Crippen LogP contribution in [0, 0.1) is 11.7 Å². The van der Waals surface area contributed by atoms with Crippen molar-refractivity contribution in [3.8, 4) is 5.88 Å². The Kier molecular flexibility index (Phi) is 8.01. The van der Waals surface area contributed by atoms with Gasteiger partial charge in [0.05, 0.1) is 6.54 Å². The van der Waals surface area contributed by atoms with E-state index in [4.69, 9.17) is 4.74 Å². The molecule has 2 amide bonds. The third kappa shape index (κ3) is 6.04. The quantitative estimate of drug-likeness (QED) is 0.371. The number of nitrogens with zero attached hydrogens (tertiary/aromatic N) is 2. The highest BCUT2D eigenvalue weighted by Gasteiger charge is 2.61. The number of rotatable bonds is 5. The average Bonchev–Trinajstić information content (AvgIpc) is 3.53. The summed E-state index contributed by atoms with van der Waals surface area (Å²) in [6.07, 6.45) is 9.22. The molecule has 6 rings (SSSR count). The lowest BCUT2D eigenvalue weighted by Gasteiger charge is -2.30. The molecular weight excluding hydrogens is 551 g/mol. The summed E-state index contributed by atoms with van der Waals surface area (Å²) >= 11 is 0. The molecule has 9 nitrogen and oxygen atoms in total. The van der Waals surface area contributed by atoms with Crippen LogP contribution in [0.3, 0.4) is 0 Å². The average molecular weight is 587 g/mol. The summed E-state index contributed by atoms with van der Waals surface area (Å²) in [4.78, 5) is 46.3. The number of ether oxygens (including phenoxy) is 1. The molecule has 224 valence electrons. The lowest BCUT2D eigenvalue weighted by atomic mass is 10.0. The number of anilines is 1. The fourth-order valence-corrected chi connectivity index (χ4v) is 6.27. The van der Waals surface area contributed by atoms with Crippen LogP contribution in [0.2, 0.25) is 0 Å². The van der Waals surface area contributed by atoms with Crippen LogP contribution in [0.5, 0.6) is 5.88 Å². The van der Waals surface area contributed by atoms with E-state index in [2.05, 4.69) is 15.6 Å². The Morgan fingerprint density at radius 2 is 1.98 bits per heavy atom. The first kappa shape index (κ1) is 28.6. The zero-order valence-corrected chi connectivity index (χ0v) is 23.7. The van der Waals surface area contributed by atoms with Crippen LogP contribution in [0.1, 0.15) is 44.9 Å². The molecule has 3 aliphatic rings. The number of amides is 2. The lowest BCUT2D eigenvalue weighted by molar-refractivity contribution is -0.145. The van der Waals surface area contributed by atoms with Gasteiger partial charge in [-0.3, -0.25) is 9.59 Å². The second-order valence-corrected chi connectivity index (χ2v) is 11.7. The minimum absolute atomic E-state index is 0.118. The number of nitrogens with one attached hydrogen (secondary N) is 2. The fraction of sp³-hybridized carbons (Fsp3) is 0.394. The van der Waals surface area contributed by atoms with Gasteiger partial charge in [-0.2, -0.15) is 0 Å². The van der Waals surface area contributed by atoms with Crippen molar-refractivity contribution >= 4 is 34.2 Å². The highest BCUT2D eigenvalue weighted by Crippen LogP contribution is 2.45. The van der Waals surface area contributed by atoms with Gasteiger partial charge in [-0.05, 0) is 61.4 Å². The normalized spacial score (nSPS) is 28.5. The molecule has 0 radical (unpaired) electrons. The number of aliphatic carboxylic acids is 1. The van der Waals surface area contributed by atoms with Crippen molar-refractivity contribution in [2.24, 2.45) is 5.92 Å². The van der Waals surface area contributed by atoms with Crippen molar-refractivity contribution in [1.29, 1.82) is 0 Å². The van der Waals surface area contributed by atoms with E-state index in [9.17, 15) is 23.9 Å². The van der Waals surface area contributed by atoms with E-state index < -0.39 is 41.4 Å². The van der Waals surface area contributed by atoms with Crippen LogP contribution in [-0.2, 0) is 14.4 Å². The van der Waals surface area contributed by atoms with Crippen LogP contribution < -0.4 is 15.4 Å². The zero-order valence-electron chi connectivity index (χ0n) is 23.7. The highest BCUT2D eigenvalue weighted by atomic mass is 19.1. The van der Waals surface area contributed by atoms with Crippen LogP contribution in [0.4, 0.5) is 10.1 Å². The predicted octanol–water partition coefficient (Wildman–Crippen LogP) is 4.68. The van der Waals surface area contributed by atoms with Gasteiger partial charge >= 0.3 is 5.97 Å². The number of aromatic nitrogens is 1. The van der Waals surface area contributed by atoms with Crippen LogP contribution in [0.25, 0.3) is 10.8 Å². The van der Waals surface area contributed by atoms with Gasteiger partial charge in [-0.15, -0.1) is 0 Å². The topological polar surface area (TPSA) is 121 Å². The number of fused-ring (bicyclic) bond motifs is 3. The molecule has 0 spiro atoms. The first-order chi connectivity index (χ1) is 20.8. The number of halogens is 1. The number of carboxylic acids is 1. The van der Waals surface area contributed by atoms with Crippen molar-refractivity contribution in [2.75, 3.05) is 11.9 Å². The molecule has 1 saturated heterocycles. The largest absolute Gasteiger partial charge is 0.479 e. The van der Waals surface area contributed by atoms with E-state index in [-0.39, 0.29) is 24.8 Å². The van der Waals surface area contributed by atoms with Gasteiger partial charge in [0, 0.05) is 29.6 Å². The number of carboxylic acid groups (broad SMARTS) is 1. The van der Waals surface area contributed by atoms with Gasteiger partial charge < -0.3 is 25.4 Å². The molecule has 43 heavy (non-hydrogen) atoms. The Morgan fingerprint density at radius 3 is 2.81 bits per heavy atom. The molecule has 3 heterocycles. The summed E-state index contributed by atoms with van der Waals surface area (Å²) in [6, 6.07) is 13.8. The van der Waals surface area contributed by atoms with Crippen molar-refractivity contribution in [2.45, 2.75) is 68.7 Å². The maximum Gasteiger partial charge on any atom is 0.330 e. The highest BCUT2D eigenvalue weighted by molar-refractivity contribution is 5.96. The molecule has 10 heteroatoms. The lowest BCUT2D eigenvalue weighted by Crippen LogP contribution is -2.55. The van der Waals surface area contributed by atoms with Gasteiger partial charge in [-0.25, -0.2) is 14.2 Å². The molecule has 1 saturated carbocycles. The third-order valence-electron chi connectivity index (χ3n) is 8.70. The van der Waals surface area contributed by atoms with E-state index in [0.29, 0.717) is 24.4 Å². The van der Waals surface area contributed by atoms with Crippen LogP contribution in [0.15, 0.2) is 72.9 Å². The standard InChI is InChI=1S/C33H35FN4O5/c34-23-11-8-12-24(17-23)36-27-14-5-3-1-2-4-10-22-19-33(22,32(41)42)37-29(39)28-18-25(20-38(28)31(27)40)43-30-26-13-7-6-9-21(26)15-16-35-30/h4,6-13,15-17,22,25,27-28,36H,1-3,5,14,18-20H2,(H,37,39)(H,41,42)/b10-4-/t22-,25+,27-,28-,33+/m0/s1. The molecule has 2 aromatic carbocycles. The van der Waals surface area contributed by atoms with Crippen LogP contribution in [-0.4, -0.2) is 63.0 Å². The van der Waals surface area contributed by atoms with Crippen molar-refractivity contribution in [3.63, 3.8) is 0 Å². The summed E-state index contributed by atoms with van der Waals surface area (Å²) in [7, 11) is 0. The summed E-state index contributed by atoms with van der Waals surface area (Å²) in [5.41, 5.74) is -0.921. The second-order valence-electron chi connectivity index (χ2n) is 11.7. The van der Waals surface area contributed by atoms with Crippen molar-refractivity contribution in [3.05, 3.63) is 78.8 Å². The Morgan fingerprint density at radius 1 is 1.12 bits per heavy atom. The monoisotopic (exact) mass is 586 g/mol. The molecule has 3 N–H and O–H groups in total. The van der Waals surface area contributed by atoms with Gasteiger partial charge in [-0.1, -0.05) is 49.3 Å². The molecule has 5 atom stereocenters. The van der Waals surface area contributed by atoms with Crippen molar-refractivity contribution < 1.29 is 28.6 Å². The van der Waals surface area contributed by atoms with E-state index >= 15 is 0 Å². The number of hydrogen-bond acceptors (Lipinski definition) is 6. The molecular formula is C33H35FN4O5. The molecule has 0 unspecified atom stereocenters. The zero-order chi connectivity index (χ0) is 30.0. The number of carbonyl (C=O) groups is 3. The predicted molar refractivity (Wildman–Crippen MR) is 159 cm³/mol. The molecule has 2 aliphatic heterocycles. The molecule has 0 bridgehead atoms. The second kappa shape index (κ2) is 12.0. The first-order valence-electron chi connectivity index (χ1n) is 14.9. The maximum absolute atomic E-state index is 14.2. The summed E-state index contributed by atoms with van der Waals surface area (Å²) < 4.78 is 20.3. The minimum Gasteiger partial charge on any atom is -0.479 e. The SMILES string of the molecule is O=C1N[C@]2(C(=O)O)C[C@@H]2/C=C\CCCCC[C@H](Nc2cccc(F)c2)C(=O)N2C[C@H](Oc3nccc4ccccc34)C[C@@H]12. The Bertz CT molecular complexity index is 1560. The summed E-state index contributed by atoms with van der Waals surface area (Å²) in [6.45, 7) is 0.118. The van der Waals surface area contributed by atoms with Gasteiger partial charge in [0.1, 0.15) is 29.5 Å². The van der Waals surface area contributed by atoms with E-state index in [1.54, 1.807) is 18.3 Å². The van der Waals surface area contributed by atoms with Gasteiger partial charge in [0.25, 0.3) is 0 Å². The smallest absolute Gasteiger partial charge is 0.330 e. The molecule has 1 aliphatic carbocycles. The fourth-order valence-electron chi connectivity index (χ4n) is 6.27. The maximum atomic E-state index is 14.2. The molecule has 2 fully saturated rings. The van der Waals surface area contributed by atoms with Crippen molar-refractivity contribution in [1.82, 2.24) is 15.2 Å². The number of carbonyl (C=O) groups excluding carboxylic acids is 2. The van der Waals surface area contributed by atoms with E-state index in [1.165, 1.54) is 17.0 Å². The van der Waals surface area contributed by atoms with Gasteiger partial charge in [0.2, 0.25) is 17.7 Å².